The number of methoxy groups -OCH3 is 1. The molecule has 12 amide bonds. The number of benzene rings is 4. The largest absolute Gasteiger partial charge is 0.497 e. The standard InChI is InChI=1S/C81H107FN14O16/c1-50-73(102)90-64(46-85-67(98)29-37-111-38-36-96(4,5)6)75(104)87-61-42-54-16-13-17-55(40-54)45-84-69(100)49-112-66-28-35-94-72(66)77(106)91-71(51(2)97)76(105)89-62(41-53-19-22-59(110-7)23-20-53)79(108)95-34-14-30-81(95,3)80(109)83-31-27-52-15-12-18-56(39-52)47-93(70(101)26-25-68(99)86-50)33-11-9-8-10-32-92-48-57(43-63(78(94)107)88-74(61)103)60-44-58(82)21-24-65(60)92/h12-13,15-24,39-40,44,48,50-51,61-64,66,71-72,97H,8-11,14,25-38,41-43,45-47,49H2,1-7H3,(H8-,83,84,85,86,87,88,89,90,91,98,99,100,102,103,104,105,106,109)/p+1/t50-,51+,61-,62-,63-,64+,66-,71-,72-,81-/m0/s1. The van der Waals surface area contributed by atoms with Crippen LogP contribution in [0.25, 0.3) is 10.9 Å². The van der Waals surface area contributed by atoms with Gasteiger partial charge in [-0.25, -0.2) is 4.39 Å². The van der Waals surface area contributed by atoms with E-state index in [1.807, 2.05) is 50.0 Å². The van der Waals surface area contributed by atoms with Crippen molar-refractivity contribution in [2.24, 2.45) is 0 Å². The lowest BCUT2D eigenvalue weighted by atomic mass is 9.95. The number of aliphatic hydroxyl groups excluding tert-OH is 1. The summed E-state index contributed by atoms with van der Waals surface area (Å²) in [6, 6.07) is 13.8. The van der Waals surface area contributed by atoms with Gasteiger partial charge in [-0.1, -0.05) is 73.5 Å². The van der Waals surface area contributed by atoms with Crippen molar-refractivity contribution in [2.75, 3.05) is 87.3 Å². The Balaban J connectivity index is 1.09. The zero-order valence-corrected chi connectivity index (χ0v) is 65.0. The van der Waals surface area contributed by atoms with E-state index < -0.39 is 144 Å². The number of amides is 12. The Morgan fingerprint density at radius 1 is 0.696 bits per heavy atom. The van der Waals surface area contributed by atoms with Gasteiger partial charge in [0.1, 0.15) is 72.6 Å². The van der Waals surface area contributed by atoms with E-state index in [9.17, 15) is 33.9 Å². The highest BCUT2D eigenvalue weighted by Crippen LogP contribution is 2.32. The molecule has 6 heterocycles. The van der Waals surface area contributed by atoms with Crippen molar-refractivity contribution in [2.45, 2.75) is 190 Å². The minimum absolute atomic E-state index is 0.0127. The fourth-order valence-electron chi connectivity index (χ4n) is 15.0. The molecule has 0 unspecified atom stereocenters. The van der Waals surface area contributed by atoms with Gasteiger partial charge in [-0.2, -0.15) is 0 Å². The van der Waals surface area contributed by atoms with E-state index in [0.29, 0.717) is 102 Å². The summed E-state index contributed by atoms with van der Waals surface area (Å²) >= 11 is 0. The van der Waals surface area contributed by atoms with E-state index in [1.54, 1.807) is 72.6 Å². The number of aryl methyl sites for hydroxylation is 1. The monoisotopic (exact) mass is 1550 g/mol. The van der Waals surface area contributed by atoms with Crippen LogP contribution in [-0.4, -0.2) is 247 Å². The molecule has 30 nitrogen and oxygen atoms in total. The predicted molar refractivity (Wildman–Crippen MR) is 410 cm³/mol. The molecule has 31 heteroatoms. The quantitative estimate of drug-likeness (QED) is 0.0624. The van der Waals surface area contributed by atoms with Crippen LogP contribution in [-0.2, 0) is 112 Å². The number of halogens is 1. The fraction of sp³-hybridized carbons (Fsp3) is 0.531. The number of carbonyl (C=O) groups excluding carboxylic acids is 12. The molecular weight excluding hydrogens is 1440 g/mol. The molecule has 0 spiro atoms. The first-order valence-electron chi connectivity index (χ1n) is 38.8. The van der Waals surface area contributed by atoms with E-state index in [1.165, 1.54) is 38.0 Å². The molecule has 5 aliphatic heterocycles. The van der Waals surface area contributed by atoms with Crippen molar-refractivity contribution in [3.05, 3.63) is 136 Å². The number of fused-ring (bicyclic) bond motifs is 14. The number of rotatable bonds is 12. The second-order valence-electron chi connectivity index (χ2n) is 31.0. The number of aromatic nitrogens is 1. The molecule has 112 heavy (non-hydrogen) atoms. The number of hydrogen-bond donors (Lipinski definition) is 10. The molecule has 5 aliphatic rings. The summed E-state index contributed by atoms with van der Waals surface area (Å²) < 4.78 is 35.8. The van der Waals surface area contributed by atoms with Gasteiger partial charge in [-0.3, -0.25) is 57.5 Å². The topological polar surface area (TPSA) is 376 Å². The van der Waals surface area contributed by atoms with E-state index in [2.05, 4.69) is 47.9 Å². The van der Waals surface area contributed by atoms with Crippen LogP contribution in [0.2, 0.25) is 0 Å². The van der Waals surface area contributed by atoms with Crippen molar-refractivity contribution in [3.63, 3.8) is 0 Å². The van der Waals surface area contributed by atoms with Crippen LogP contribution in [0.1, 0.15) is 118 Å². The number of quaternary nitrogens is 1. The molecule has 0 aliphatic carbocycles. The van der Waals surface area contributed by atoms with Crippen LogP contribution in [0.3, 0.4) is 0 Å². The molecule has 1 aromatic heterocycles. The molecule has 0 saturated carbocycles. The zero-order chi connectivity index (χ0) is 80.4. The molecular formula is C81H108FN14O16+. The molecule has 4 aromatic carbocycles. The van der Waals surface area contributed by atoms with Crippen molar-refractivity contribution >= 4 is 81.8 Å². The Bertz CT molecular complexity index is 4240. The number of likely N-dealkylation sites (N-methyl/N-ethyl adjacent to an activating group) is 1. The molecule has 604 valence electrons. The minimum atomic E-state index is -1.86. The molecule has 10 rings (SSSR count). The lowest BCUT2D eigenvalue weighted by Gasteiger charge is -2.37. The van der Waals surface area contributed by atoms with Crippen LogP contribution < -0.4 is 52.6 Å². The lowest BCUT2D eigenvalue weighted by molar-refractivity contribution is -0.870. The van der Waals surface area contributed by atoms with Gasteiger partial charge in [0.25, 0.3) is 0 Å². The number of ether oxygens (including phenoxy) is 3. The first-order chi connectivity index (χ1) is 53.5. The molecule has 2 saturated heterocycles. The first kappa shape index (κ1) is 84.1. The van der Waals surface area contributed by atoms with Crippen LogP contribution in [0.4, 0.5) is 4.39 Å². The average molecular weight is 1550 g/mol. The minimum Gasteiger partial charge on any atom is -0.497 e. The first-order valence-corrected chi connectivity index (χ1v) is 38.8. The van der Waals surface area contributed by atoms with Crippen LogP contribution in [0.15, 0.2) is 97.2 Å². The molecule has 5 aromatic rings. The Labute approximate surface area is 651 Å². The third-order valence-electron chi connectivity index (χ3n) is 21.4. The Morgan fingerprint density at radius 2 is 1.41 bits per heavy atom. The van der Waals surface area contributed by atoms with E-state index in [-0.39, 0.29) is 103 Å². The number of nitrogens with one attached hydrogen (secondary N) is 9. The summed E-state index contributed by atoms with van der Waals surface area (Å²) in [5, 5.41) is 37.0. The smallest absolute Gasteiger partial charge is 0.246 e. The highest BCUT2D eigenvalue weighted by Gasteiger charge is 2.50. The van der Waals surface area contributed by atoms with Crippen LogP contribution in [0, 0.1) is 5.82 Å². The number of nitrogens with zero attached hydrogens (tertiary/aromatic N) is 5. The third-order valence-corrected chi connectivity index (χ3v) is 21.4. The van der Waals surface area contributed by atoms with Crippen molar-refractivity contribution in [1.29, 1.82) is 0 Å². The summed E-state index contributed by atoms with van der Waals surface area (Å²) in [6.45, 7) is 4.80. The molecule has 0 radical (unpaired) electrons. The van der Waals surface area contributed by atoms with Crippen molar-refractivity contribution in [1.82, 2.24) is 67.1 Å². The summed E-state index contributed by atoms with van der Waals surface area (Å²) in [5.74, 6) is -9.29. The summed E-state index contributed by atoms with van der Waals surface area (Å²) in [4.78, 5) is 183. The van der Waals surface area contributed by atoms with Gasteiger partial charge in [0, 0.05) is 108 Å². The lowest BCUT2D eigenvalue weighted by Crippen LogP contribution is -2.64. The SMILES string of the molecule is COc1ccc(C[C@@H]2NC(=O)[C@H]([C@@H](C)O)NC(=O)[C@@H]3[C@@H]4CCN3C(=O)[C@@H]3Cc5cn(c6ccc(F)cc56)CCCCCCN(Cc5cccc(c5)CCNC(=O)[C@]5(C)CCCN5C2=O)C(=O)CCC(=O)N[C@@H](C)C(=O)N[C@H](CNC(=O)CCOCC[N+](C)(C)C)C(=O)N[C@@H](Cc2cccc(c2)CNC(=O)CO4)C(=O)N3)cc1. The van der Waals surface area contributed by atoms with Crippen molar-refractivity contribution in [3.8, 4) is 5.75 Å². The Morgan fingerprint density at radius 3 is 2.16 bits per heavy atom. The van der Waals surface area contributed by atoms with Gasteiger partial charge in [-0.05, 0) is 123 Å². The maximum absolute atomic E-state index is 16.2. The van der Waals surface area contributed by atoms with Gasteiger partial charge >= 0.3 is 0 Å². The second-order valence-corrected chi connectivity index (χ2v) is 31.0. The molecule has 10 atom stereocenters. The normalized spacial score (nSPS) is 24.9. The number of hydrogen-bond acceptors (Lipinski definition) is 16. The van der Waals surface area contributed by atoms with E-state index in [0.717, 1.165) is 16.0 Å². The second kappa shape index (κ2) is 38.7. The van der Waals surface area contributed by atoms with E-state index in [4.69, 9.17) is 14.2 Å². The summed E-state index contributed by atoms with van der Waals surface area (Å²) in [6.07, 6.45) is 0.523. The van der Waals surface area contributed by atoms with Crippen LogP contribution >= 0.6 is 0 Å². The van der Waals surface area contributed by atoms with Gasteiger partial charge in [0.05, 0.1) is 53.7 Å². The maximum atomic E-state index is 16.2. The zero-order valence-electron chi connectivity index (χ0n) is 65.0. The van der Waals surface area contributed by atoms with Crippen molar-refractivity contribution < 1.29 is 85.7 Å². The Kier molecular flexibility index (Phi) is 29.1. The summed E-state index contributed by atoms with van der Waals surface area (Å²) in [5.41, 5.74) is 2.65. The molecule has 12 bridgehead atoms. The van der Waals surface area contributed by atoms with Gasteiger partial charge in [0.15, 0.2) is 0 Å². The average Bonchev–Trinajstić information content (AvgIpc) is 1.69. The van der Waals surface area contributed by atoms with E-state index >= 15 is 33.2 Å². The fourth-order valence-corrected chi connectivity index (χ4v) is 15.0. The predicted octanol–water partition coefficient (Wildman–Crippen LogP) is 1.41. The molecule has 2 fully saturated rings. The summed E-state index contributed by atoms with van der Waals surface area (Å²) in [7, 11) is 7.45. The Hall–Kier alpha value is -10.4. The van der Waals surface area contributed by atoms with Crippen LogP contribution in [0.5, 0.6) is 5.75 Å². The molecule has 10 N–H and O–H groups in total. The van der Waals surface area contributed by atoms with Gasteiger partial charge < -0.3 is 90.9 Å². The van der Waals surface area contributed by atoms with Gasteiger partial charge in [0.2, 0.25) is 70.9 Å². The highest BCUT2D eigenvalue weighted by atomic mass is 19.1. The number of aliphatic hydroxyl groups is 1. The third kappa shape index (κ3) is 22.7. The number of carbonyl (C=O) groups is 12. The highest BCUT2D eigenvalue weighted by molar-refractivity contribution is 6.00. The van der Waals surface area contributed by atoms with Gasteiger partial charge in [-0.15, -0.1) is 0 Å². The maximum Gasteiger partial charge on any atom is 0.246 e.